The van der Waals surface area contributed by atoms with E-state index in [0.717, 1.165) is 0 Å². The Morgan fingerprint density at radius 1 is 1.11 bits per heavy atom. The van der Waals surface area contributed by atoms with Crippen molar-refractivity contribution in [2.45, 2.75) is 83.0 Å². The molecule has 5 rings (SSSR count). The van der Waals surface area contributed by atoms with E-state index in [2.05, 4.69) is 19.9 Å². The molecule has 248 valence electrons. The van der Waals surface area contributed by atoms with Gasteiger partial charge in [0.2, 0.25) is 0 Å². The van der Waals surface area contributed by atoms with E-state index >= 15 is 8.78 Å². The average Bonchev–Trinajstić information content (AvgIpc) is 3.61. The van der Waals surface area contributed by atoms with E-state index in [0.29, 0.717) is 42.8 Å². The van der Waals surface area contributed by atoms with Crippen LogP contribution in [0.2, 0.25) is 0 Å². The molecule has 12 nitrogen and oxygen atoms in total. The molecule has 14 heteroatoms. The highest BCUT2D eigenvalue weighted by atomic mass is 19.3. The Balaban J connectivity index is 1.55. The minimum absolute atomic E-state index is 0.0775. The van der Waals surface area contributed by atoms with Gasteiger partial charge in [0.1, 0.15) is 18.1 Å². The molecule has 3 aliphatic rings. The highest BCUT2D eigenvalue weighted by Gasteiger charge is 2.58. The van der Waals surface area contributed by atoms with Gasteiger partial charge in [0.15, 0.2) is 24.3 Å². The number of halogens is 2. The zero-order chi connectivity index (χ0) is 32.7. The second-order valence-electron chi connectivity index (χ2n) is 13.5. The lowest BCUT2D eigenvalue weighted by atomic mass is 9.84. The van der Waals surface area contributed by atoms with Gasteiger partial charge in [0, 0.05) is 38.8 Å². The van der Waals surface area contributed by atoms with Crippen molar-refractivity contribution in [2.75, 3.05) is 47.3 Å². The van der Waals surface area contributed by atoms with Crippen LogP contribution in [-0.4, -0.2) is 125 Å². The summed E-state index contributed by atoms with van der Waals surface area (Å²) in [7, 11) is 5.68. The van der Waals surface area contributed by atoms with Crippen LogP contribution in [0.5, 0.6) is 0 Å². The molecule has 4 atom stereocenters. The van der Waals surface area contributed by atoms with Crippen molar-refractivity contribution in [1.82, 2.24) is 29.2 Å². The summed E-state index contributed by atoms with van der Waals surface area (Å²) in [5, 5.41) is 0.636. The number of likely N-dealkylation sites (tertiary alicyclic amines) is 2. The number of aliphatic imine (C=N–C) groups is 1. The molecule has 0 saturated carbocycles. The normalized spacial score (nSPS) is 26.9. The molecule has 0 aliphatic carbocycles. The highest BCUT2D eigenvalue weighted by Crippen LogP contribution is 2.47. The van der Waals surface area contributed by atoms with E-state index in [1.54, 1.807) is 55.8 Å². The van der Waals surface area contributed by atoms with Gasteiger partial charge in [0.25, 0.3) is 5.92 Å². The van der Waals surface area contributed by atoms with Crippen LogP contribution < -0.4 is 0 Å². The molecule has 2 aromatic rings. The number of hydrogen-bond acceptors (Lipinski definition) is 10. The van der Waals surface area contributed by atoms with Crippen molar-refractivity contribution in [3.05, 3.63) is 18.6 Å². The summed E-state index contributed by atoms with van der Waals surface area (Å²) in [4.78, 5) is 45.1. The first-order valence-electron chi connectivity index (χ1n) is 15.6. The molecule has 45 heavy (non-hydrogen) atoms. The number of ether oxygens (including phenoxy) is 3. The summed E-state index contributed by atoms with van der Waals surface area (Å²) in [6, 6.07) is 1.79. The van der Waals surface area contributed by atoms with Gasteiger partial charge in [-0.1, -0.05) is 27.7 Å². The maximum Gasteiger partial charge on any atom is 0.308 e. The Bertz CT molecular complexity index is 1410. The molecule has 5 heterocycles. The molecule has 0 amide bonds. The molecule has 0 radical (unpaired) electrons. The smallest absolute Gasteiger partial charge is 0.308 e. The number of carbonyl (C=O) groups excluding carboxylic acids is 2. The number of nitrogens with zero attached hydrogens (tertiary/aromatic N) is 7. The van der Waals surface area contributed by atoms with Crippen molar-refractivity contribution in [2.24, 2.45) is 16.8 Å². The summed E-state index contributed by atoms with van der Waals surface area (Å²) in [6.07, 6.45) is 1.76. The molecular formula is C31H45F2N7O5. The third-order valence-corrected chi connectivity index (χ3v) is 8.90. The molecular weight excluding hydrogens is 588 g/mol. The second-order valence-corrected chi connectivity index (χ2v) is 13.5. The number of aromatic nitrogens is 3. The third-order valence-electron chi connectivity index (χ3n) is 8.90. The fraction of sp³-hybridized carbons (Fsp3) is 0.710. The number of carbonyl (C=O) groups is 2. The van der Waals surface area contributed by atoms with E-state index < -0.39 is 66.3 Å². The second kappa shape index (κ2) is 12.9. The maximum atomic E-state index is 15.1. The predicted octanol–water partition coefficient (Wildman–Crippen LogP) is 3.49. The lowest BCUT2D eigenvalue weighted by Crippen LogP contribution is -2.54. The highest BCUT2D eigenvalue weighted by molar-refractivity contribution is 5.87. The largest absolute Gasteiger partial charge is 0.455 e. The van der Waals surface area contributed by atoms with Crippen LogP contribution in [-0.2, 0) is 23.8 Å². The lowest BCUT2D eigenvalue weighted by molar-refractivity contribution is -0.172. The zero-order valence-corrected chi connectivity index (χ0v) is 27.2. The van der Waals surface area contributed by atoms with Gasteiger partial charge in [0.05, 0.1) is 30.1 Å². The molecule has 0 N–H and O–H groups in total. The number of piperidine rings is 1. The Hall–Kier alpha value is -3.23. The van der Waals surface area contributed by atoms with E-state index in [1.807, 2.05) is 26.0 Å². The van der Waals surface area contributed by atoms with Crippen LogP contribution >= 0.6 is 0 Å². The quantitative estimate of drug-likeness (QED) is 0.231. The molecule has 3 fully saturated rings. The summed E-state index contributed by atoms with van der Waals surface area (Å²) >= 11 is 0. The van der Waals surface area contributed by atoms with Gasteiger partial charge in [-0.2, -0.15) is 0 Å². The summed E-state index contributed by atoms with van der Waals surface area (Å²) in [5.74, 6) is -4.37. The van der Waals surface area contributed by atoms with Crippen molar-refractivity contribution in [3.63, 3.8) is 0 Å². The first-order valence-corrected chi connectivity index (χ1v) is 15.6. The van der Waals surface area contributed by atoms with Gasteiger partial charge < -0.3 is 28.6 Å². The van der Waals surface area contributed by atoms with Crippen molar-refractivity contribution in [3.8, 4) is 0 Å². The Morgan fingerprint density at radius 3 is 2.38 bits per heavy atom. The van der Waals surface area contributed by atoms with Gasteiger partial charge in [-0.05, 0) is 39.0 Å². The topological polar surface area (TPSA) is 115 Å². The van der Waals surface area contributed by atoms with Crippen LogP contribution in [0.3, 0.4) is 0 Å². The van der Waals surface area contributed by atoms with Crippen LogP contribution in [0.4, 0.5) is 14.6 Å². The fourth-order valence-corrected chi connectivity index (χ4v) is 6.42. The zero-order valence-electron chi connectivity index (χ0n) is 27.2. The van der Waals surface area contributed by atoms with Crippen molar-refractivity contribution >= 4 is 35.1 Å². The Labute approximate surface area is 262 Å². The molecule has 0 aromatic carbocycles. The number of fused-ring (bicyclic) bond motifs is 1. The summed E-state index contributed by atoms with van der Waals surface area (Å²) in [6.45, 7) is 7.90. The summed E-state index contributed by atoms with van der Waals surface area (Å²) in [5.41, 5.74) is -0.235. The number of esters is 2. The monoisotopic (exact) mass is 633 g/mol. The lowest BCUT2D eigenvalue weighted by Gasteiger charge is -2.44. The van der Waals surface area contributed by atoms with Crippen molar-refractivity contribution < 1.29 is 32.6 Å². The predicted molar refractivity (Wildman–Crippen MR) is 163 cm³/mol. The average molecular weight is 634 g/mol. The van der Waals surface area contributed by atoms with Gasteiger partial charge in [-0.15, -0.1) is 0 Å². The van der Waals surface area contributed by atoms with E-state index in [9.17, 15) is 9.59 Å². The molecule has 1 spiro atoms. The number of rotatable bonds is 9. The van der Waals surface area contributed by atoms with Gasteiger partial charge >= 0.3 is 11.9 Å². The molecule has 2 aromatic heterocycles. The van der Waals surface area contributed by atoms with Crippen LogP contribution in [0.15, 0.2) is 23.6 Å². The van der Waals surface area contributed by atoms with Gasteiger partial charge in [-0.3, -0.25) is 14.5 Å². The summed E-state index contributed by atoms with van der Waals surface area (Å²) < 4.78 is 50.6. The van der Waals surface area contributed by atoms with E-state index in [1.165, 1.54) is 6.33 Å². The van der Waals surface area contributed by atoms with Crippen LogP contribution in [0.1, 0.15) is 53.2 Å². The molecule has 0 bridgehead atoms. The molecule has 3 saturated heterocycles. The van der Waals surface area contributed by atoms with E-state index in [4.69, 9.17) is 14.2 Å². The number of hydrogen-bond donors (Lipinski definition) is 0. The molecule has 0 unspecified atom stereocenters. The SMILES string of the molecule is CC(C)C(=O)O[C@@H]1[C@H](OC(=O)C(C)C)[C@@H](CN2CC(F)(F)CC23CCN(C)CC3)O[C@H]1n1ccc2c(/N=C/N(C)C)ncnc21. The van der Waals surface area contributed by atoms with Gasteiger partial charge in [-0.25, -0.2) is 23.7 Å². The van der Waals surface area contributed by atoms with E-state index in [-0.39, 0.29) is 13.0 Å². The van der Waals surface area contributed by atoms with Crippen molar-refractivity contribution in [1.29, 1.82) is 0 Å². The Kier molecular flexibility index (Phi) is 9.48. The first-order chi connectivity index (χ1) is 21.2. The Morgan fingerprint density at radius 2 is 1.76 bits per heavy atom. The fourth-order valence-electron chi connectivity index (χ4n) is 6.42. The van der Waals surface area contributed by atoms with Crippen LogP contribution in [0, 0.1) is 11.8 Å². The first kappa shape index (κ1) is 33.1. The molecule has 3 aliphatic heterocycles. The maximum absolute atomic E-state index is 15.1. The van der Waals surface area contributed by atoms with Crippen LogP contribution in [0.25, 0.3) is 11.0 Å². The third kappa shape index (κ3) is 6.97. The minimum atomic E-state index is -2.86. The minimum Gasteiger partial charge on any atom is -0.455 e. The standard InChI is InChI=1S/C31H45F2N7O5/c1-19(2)28(41)44-23-22(14-39-16-31(32,33)15-30(39)9-12-38(7)13-10-30)43-27(24(23)45-29(42)20(3)4)40-11-8-21-25(36-18-37(5)6)34-17-35-26(21)40/h8,11,17-20,22-24,27H,9-10,12-16H2,1-7H3/b36-18+/t22-,23-,24-,27-/m1/s1. The number of alkyl halides is 2.